The Balaban J connectivity index is 1.79. The first kappa shape index (κ1) is 9.93. The third kappa shape index (κ3) is 1.77. The zero-order chi connectivity index (χ0) is 10.0. The van der Waals surface area contributed by atoms with E-state index in [9.17, 15) is 4.79 Å². The van der Waals surface area contributed by atoms with Crippen LogP contribution in [-0.4, -0.2) is 50.7 Å². The zero-order valence-corrected chi connectivity index (χ0v) is 8.71. The van der Waals surface area contributed by atoms with Crippen LogP contribution in [0, 0.1) is 5.41 Å². The van der Waals surface area contributed by atoms with Gasteiger partial charge in [0.25, 0.3) is 0 Å². The first-order valence-corrected chi connectivity index (χ1v) is 5.23. The maximum Gasteiger partial charge on any atom is 0.248 e. The third-order valence-corrected chi connectivity index (χ3v) is 3.34. The highest BCUT2D eigenvalue weighted by Crippen LogP contribution is 2.38. The molecule has 14 heavy (non-hydrogen) atoms. The van der Waals surface area contributed by atoms with Gasteiger partial charge >= 0.3 is 0 Å². The SMILES string of the molecule is COCC(=O)N1CC2(CCNCC2)C1. The molecule has 2 aliphatic heterocycles. The van der Waals surface area contributed by atoms with Crippen molar-refractivity contribution in [1.29, 1.82) is 0 Å². The van der Waals surface area contributed by atoms with Crippen LogP contribution in [0.1, 0.15) is 12.8 Å². The highest BCUT2D eigenvalue weighted by atomic mass is 16.5. The molecular weight excluding hydrogens is 180 g/mol. The Bertz CT molecular complexity index is 216. The number of hydrogen-bond donors (Lipinski definition) is 1. The second-order valence-corrected chi connectivity index (χ2v) is 4.43. The molecule has 0 atom stereocenters. The van der Waals surface area contributed by atoms with Crippen molar-refractivity contribution >= 4 is 5.91 Å². The van der Waals surface area contributed by atoms with Crippen molar-refractivity contribution in [2.75, 3.05) is 39.9 Å². The van der Waals surface area contributed by atoms with Crippen LogP contribution in [0.15, 0.2) is 0 Å². The summed E-state index contributed by atoms with van der Waals surface area (Å²) in [6.07, 6.45) is 2.42. The van der Waals surface area contributed by atoms with Gasteiger partial charge in [-0.25, -0.2) is 0 Å². The molecule has 0 aliphatic carbocycles. The fourth-order valence-corrected chi connectivity index (χ4v) is 2.43. The quantitative estimate of drug-likeness (QED) is 0.670. The van der Waals surface area contributed by atoms with Crippen molar-refractivity contribution in [3.63, 3.8) is 0 Å². The number of nitrogens with zero attached hydrogens (tertiary/aromatic N) is 1. The number of methoxy groups -OCH3 is 1. The predicted octanol–water partition coefficient (Wildman–Crippen LogP) is -0.155. The average Bonchev–Trinajstić information content (AvgIpc) is 2.16. The van der Waals surface area contributed by atoms with Gasteiger partial charge < -0.3 is 15.0 Å². The summed E-state index contributed by atoms with van der Waals surface area (Å²) < 4.78 is 4.83. The molecule has 0 radical (unpaired) electrons. The van der Waals surface area contributed by atoms with Gasteiger partial charge in [0.05, 0.1) is 0 Å². The normalized spacial score (nSPS) is 24.8. The van der Waals surface area contributed by atoms with Crippen LogP contribution in [0.2, 0.25) is 0 Å². The Kier molecular flexibility index (Phi) is 2.74. The minimum atomic E-state index is 0.136. The lowest BCUT2D eigenvalue weighted by atomic mass is 9.72. The molecule has 0 aromatic carbocycles. The monoisotopic (exact) mass is 198 g/mol. The summed E-state index contributed by atoms with van der Waals surface area (Å²) >= 11 is 0. The number of ether oxygens (including phenoxy) is 1. The van der Waals surface area contributed by atoms with E-state index in [0.29, 0.717) is 5.41 Å². The summed E-state index contributed by atoms with van der Waals surface area (Å²) in [6, 6.07) is 0. The largest absolute Gasteiger partial charge is 0.375 e. The van der Waals surface area contributed by atoms with E-state index in [0.717, 1.165) is 26.2 Å². The first-order chi connectivity index (χ1) is 6.76. The van der Waals surface area contributed by atoms with E-state index in [1.54, 1.807) is 7.11 Å². The molecule has 0 bridgehead atoms. The lowest BCUT2D eigenvalue weighted by Gasteiger charge is -2.52. The Morgan fingerprint density at radius 1 is 1.43 bits per heavy atom. The molecule has 2 saturated heterocycles. The van der Waals surface area contributed by atoms with Gasteiger partial charge in [-0.15, -0.1) is 0 Å². The number of piperidine rings is 1. The van der Waals surface area contributed by atoms with E-state index in [1.165, 1.54) is 12.8 Å². The molecule has 80 valence electrons. The van der Waals surface area contributed by atoms with Crippen LogP contribution in [0.25, 0.3) is 0 Å². The second kappa shape index (κ2) is 3.87. The first-order valence-electron chi connectivity index (χ1n) is 5.23. The molecule has 0 aromatic heterocycles. The fourth-order valence-electron chi connectivity index (χ4n) is 2.43. The number of nitrogens with one attached hydrogen (secondary N) is 1. The lowest BCUT2D eigenvalue weighted by Crippen LogP contribution is -2.62. The smallest absolute Gasteiger partial charge is 0.248 e. The van der Waals surface area contributed by atoms with Crippen LogP contribution in [-0.2, 0) is 9.53 Å². The molecule has 0 aromatic rings. The summed E-state index contributed by atoms with van der Waals surface area (Å²) in [6.45, 7) is 4.32. The van der Waals surface area contributed by atoms with E-state index in [-0.39, 0.29) is 12.5 Å². The molecule has 1 amide bonds. The summed E-state index contributed by atoms with van der Waals surface area (Å²) in [4.78, 5) is 13.3. The Morgan fingerprint density at radius 3 is 2.64 bits per heavy atom. The molecule has 4 nitrogen and oxygen atoms in total. The summed E-state index contributed by atoms with van der Waals surface area (Å²) in [5.41, 5.74) is 0.439. The maximum absolute atomic E-state index is 11.4. The van der Waals surface area contributed by atoms with Gasteiger partial charge in [0.2, 0.25) is 5.91 Å². The van der Waals surface area contributed by atoms with Crippen molar-refractivity contribution in [2.24, 2.45) is 5.41 Å². The van der Waals surface area contributed by atoms with Crippen molar-refractivity contribution in [1.82, 2.24) is 10.2 Å². The molecule has 1 N–H and O–H groups in total. The summed E-state index contributed by atoms with van der Waals surface area (Å²) in [5.74, 6) is 0.136. The Morgan fingerprint density at radius 2 is 2.07 bits per heavy atom. The predicted molar refractivity (Wildman–Crippen MR) is 53.0 cm³/mol. The highest BCUT2D eigenvalue weighted by Gasteiger charge is 2.45. The van der Waals surface area contributed by atoms with Crippen LogP contribution >= 0.6 is 0 Å². The third-order valence-electron chi connectivity index (χ3n) is 3.34. The lowest BCUT2D eigenvalue weighted by molar-refractivity contribution is -0.149. The fraction of sp³-hybridized carbons (Fsp3) is 0.900. The highest BCUT2D eigenvalue weighted by molar-refractivity contribution is 5.78. The number of likely N-dealkylation sites (tertiary alicyclic amines) is 1. The van der Waals surface area contributed by atoms with Crippen molar-refractivity contribution in [2.45, 2.75) is 12.8 Å². The van der Waals surface area contributed by atoms with Gasteiger partial charge in [-0.3, -0.25) is 4.79 Å². The number of hydrogen-bond acceptors (Lipinski definition) is 3. The average molecular weight is 198 g/mol. The Hall–Kier alpha value is -0.610. The van der Waals surface area contributed by atoms with Crippen LogP contribution in [0.4, 0.5) is 0 Å². The number of amides is 1. The van der Waals surface area contributed by atoms with Gasteiger partial charge in [-0.1, -0.05) is 0 Å². The van der Waals surface area contributed by atoms with Crippen molar-refractivity contribution < 1.29 is 9.53 Å². The minimum Gasteiger partial charge on any atom is -0.375 e. The number of rotatable bonds is 2. The van der Waals surface area contributed by atoms with E-state index in [2.05, 4.69) is 5.32 Å². The molecule has 2 aliphatic rings. The maximum atomic E-state index is 11.4. The van der Waals surface area contributed by atoms with E-state index < -0.39 is 0 Å². The van der Waals surface area contributed by atoms with Gasteiger partial charge in [0.1, 0.15) is 6.61 Å². The molecular formula is C10H18N2O2. The number of carbonyl (C=O) groups is 1. The molecule has 2 heterocycles. The van der Waals surface area contributed by atoms with Crippen molar-refractivity contribution in [3.05, 3.63) is 0 Å². The van der Waals surface area contributed by atoms with Gasteiger partial charge in [-0.05, 0) is 25.9 Å². The minimum absolute atomic E-state index is 0.136. The van der Waals surface area contributed by atoms with Crippen LogP contribution in [0.3, 0.4) is 0 Å². The molecule has 4 heteroatoms. The molecule has 2 rings (SSSR count). The zero-order valence-electron chi connectivity index (χ0n) is 8.71. The van der Waals surface area contributed by atoms with E-state index >= 15 is 0 Å². The molecule has 0 unspecified atom stereocenters. The van der Waals surface area contributed by atoms with Gasteiger partial charge in [0.15, 0.2) is 0 Å². The van der Waals surface area contributed by atoms with Gasteiger partial charge in [-0.2, -0.15) is 0 Å². The molecule has 0 saturated carbocycles. The topological polar surface area (TPSA) is 41.6 Å². The van der Waals surface area contributed by atoms with Crippen LogP contribution < -0.4 is 5.32 Å². The van der Waals surface area contributed by atoms with E-state index in [4.69, 9.17) is 4.74 Å². The van der Waals surface area contributed by atoms with Crippen molar-refractivity contribution in [3.8, 4) is 0 Å². The number of carbonyl (C=O) groups excluding carboxylic acids is 1. The second-order valence-electron chi connectivity index (χ2n) is 4.43. The Labute approximate surface area is 84.6 Å². The van der Waals surface area contributed by atoms with E-state index in [1.807, 2.05) is 4.90 Å². The standard InChI is InChI=1S/C10H18N2O2/c1-14-6-9(13)12-7-10(8-12)2-4-11-5-3-10/h11H,2-8H2,1H3. The molecule has 2 fully saturated rings. The summed E-state index contributed by atoms with van der Waals surface area (Å²) in [5, 5.41) is 3.35. The molecule has 1 spiro atoms. The van der Waals surface area contributed by atoms with Gasteiger partial charge in [0, 0.05) is 25.6 Å². The van der Waals surface area contributed by atoms with Crippen LogP contribution in [0.5, 0.6) is 0 Å². The summed E-state index contributed by atoms with van der Waals surface area (Å²) in [7, 11) is 1.57.